The van der Waals surface area contributed by atoms with Crippen molar-refractivity contribution < 1.29 is 9.84 Å². The van der Waals surface area contributed by atoms with Crippen LogP contribution in [0.5, 0.6) is 0 Å². The molecule has 0 amide bonds. The van der Waals surface area contributed by atoms with Crippen molar-refractivity contribution in [1.82, 2.24) is 9.88 Å². The Morgan fingerprint density at radius 2 is 2.05 bits per heavy atom. The van der Waals surface area contributed by atoms with E-state index in [-0.39, 0.29) is 34.8 Å². The molecule has 2 saturated carbocycles. The van der Waals surface area contributed by atoms with E-state index in [1.165, 1.54) is 40.3 Å². The van der Waals surface area contributed by atoms with E-state index in [4.69, 9.17) is 10.5 Å². The first kappa shape index (κ1) is 22.9. The Bertz CT molecular complexity index is 1340. The van der Waals surface area contributed by atoms with Crippen molar-refractivity contribution in [2.24, 2.45) is 17.1 Å². The van der Waals surface area contributed by atoms with Gasteiger partial charge in [0.15, 0.2) is 0 Å². The quantitative estimate of drug-likeness (QED) is 0.621. The Morgan fingerprint density at radius 1 is 1.14 bits per heavy atom. The number of allylic oxidation sites excluding steroid dienone is 1. The van der Waals surface area contributed by atoms with E-state index >= 15 is 0 Å². The van der Waals surface area contributed by atoms with Gasteiger partial charge in [-0.3, -0.25) is 9.88 Å². The zero-order valence-corrected chi connectivity index (χ0v) is 21.9. The Kier molecular flexibility index (Phi) is 4.80. The highest BCUT2D eigenvalue weighted by atomic mass is 16.5. The lowest BCUT2D eigenvalue weighted by atomic mass is 9.58. The van der Waals surface area contributed by atoms with E-state index in [1.54, 1.807) is 0 Å². The van der Waals surface area contributed by atoms with Crippen LogP contribution in [-0.2, 0) is 4.74 Å². The number of fused-ring (bicyclic) bond motifs is 2. The highest BCUT2D eigenvalue weighted by Gasteiger charge is 2.67. The van der Waals surface area contributed by atoms with Crippen LogP contribution in [0.1, 0.15) is 69.8 Å². The van der Waals surface area contributed by atoms with Gasteiger partial charge in [-0.15, -0.1) is 0 Å². The predicted octanol–water partition coefficient (Wildman–Crippen LogP) is 4.85. The number of aromatic nitrogens is 1. The third-order valence-electron chi connectivity index (χ3n) is 11.5. The molecule has 2 aromatic rings. The number of aliphatic hydroxyl groups excluding tert-OH is 1. The van der Waals surface area contributed by atoms with Crippen molar-refractivity contribution in [2.45, 2.75) is 93.6 Å². The van der Waals surface area contributed by atoms with Crippen LogP contribution in [0.25, 0.3) is 10.8 Å². The first-order valence-electron chi connectivity index (χ1n) is 14.5. The van der Waals surface area contributed by atoms with Gasteiger partial charge in [0.1, 0.15) is 0 Å². The first-order valence-corrected chi connectivity index (χ1v) is 14.5. The molecule has 5 nitrogen and oxygen atoms in total. The molecule has 194 valence electrons. The summed E-state index contributed by atoms with van der Waals surface area (Å²) in [5, 5.41) is 13.7. The van der Waals surface area contributed by atoms with Crippen molar-refractivity contribution in [3.63, 3.8) is 0 Å². The molecule has 2 saturated heterocycles. The number of likely N-dealkylation sites (tertiary alicyclic amines) is 1. The molecule has 1 aromatic carbocycles. The summed E-state index contributed by atoms with van der Waals surface area (Å²) >= 11 is 0. The van der Waals surface area contributed by atoms with Crippen molar-refractivity contribution in [3.05, 3.63) is 65.5 Å². The fraction of sp³-hybridized carbons (Fsp3) is 0.594. The lowest BCUT2D eigenvalue weighted by Crippen LogP contribution is -2.58. The summed E-state index contributed by atoms with van der Waals surface area (Å²) in [6.07, 6.45) is 16.9. The fourth-order valence-corrected chi connectivity index (χ4v) is 9.71. The standard InChI is InChI=1S/C32H39N3O2/c1-30-9-6-23-15-24-16-28(36)27(35-13-8-25(33)19-35)17-31(24)10-11-32(23,37-31)29(30)5-4-26(30)21-3-2-20-7-12-34-18-22(20)14-21/h2-3,6-7,12,14-15,18,25-29,36H,4-5,8-11,13,16-17,19,33H2,1H3/t25-,26-,27+,28+,29-,30-,31-,32?/m1/s1. The average Bonchev–Trinajstić information content (AvgIpc) is 3.58. The number of pyridine rings is 1. The molecule has 0 radical (unpaired) electrons. The second kappa shape index (κ2) is 7.75. The average molecular weight is 498 g/mol. The van der Waals surface area contributed by atoms with Crippen LogP contribution in [0, 0.1) is 11.3 Å². The number of ether oxygens (including phenoxy) is 1. The van der Waals surface area contributed by atoms with E-state index in [1.807, 2.05) is 12.4 Å². The smallest absolute Gasteiger partial charge is 0.0974 e. The Balaban J connectivity index is 1.14. The van der Waals surface area contributed by atoms with Crippen molar-refractivity contribution in [2.75, 3.05) is 13.1 Å². The SMILES string of the molecule is C[C@]12CC=C3C=C4C[C@H](O)[C@@H](N5CC[C@@H](N)C5)C[C@]45CCC3(O5)[C@@H]1CC[C@@H]2c1ccc2ccncc2c1. The lowest BCUT2D eigenvalue weighted by molar-refractivity contribution is -0.150. The van der Waals surface area contributed by atoms with Gasteiger partial charge in [0.25, 0.3) is 0 Å². The minimum absolute atomic E-state index is 0.156. The molecule has 2 bridgehead atoms. The van der Waals surface area contributed by atoms with E-state index in [2.05, 4.69) is 53.2 Å². The second-order valence-electron chi connectivity index (χ2n) is 13.3. The van der Waals surface area contributed by atoms with Gasteiger partial charge in [0.2, 0.25) is 0 Å². The molecule has 3 N–H and O–H groups in total. The van der Waals surface area contributed by atoms with Crippen LogP contribution in [0.15, 0.2) is 60.0 Å². The van der Waals surface area contributed by atoms with Crippen LogP contribution in [0.4, 0.5) is 0 Å². The summed E-state index contributed by atoms with van der Waals surface area (Å²) < 4.78 is 7.46. The molecule has 1 unspecified atom stereocenters. The number of nitrogens with two attached hydrogens (primary N) is 1. The maximum atomic E-state index is 11.2. The number of benzene rings is 1. The van der Waals surface area contributed by atoms with Crippen molar-refractivity contribution in [3.8, 4) is 0 Å². The molecule has 8 rings (SSSR count). The highest BCUT2D eigenvalue weighted by Crippen LogP contribution is 2.69. The number of rotatable bonds is 2. The monoisotopic (exact) mass is 497 g/mol. The molecule has 4 fully saturated rings. The normalized spacial score (nSPS) is 44.8. The molecule has 3 aliphatic carbocycles. The second-order valence-corrected chi connectivity index (χ2v) is 13.3. The molecular formula is C32H39N3O2. The number of hydrogen-bond acceptors (Lipinski definition) is 5. The minimum atomic E-state index is -0.327. The number of hydrogen-bond donors (Lipinski definition) is 2. The van der Waals surface area contributed by atoms with Crippen LogP contribution >= 0.6 is 0 Å². The van der Waals surface area contributed by atoms with Crippen LogP contribution in [-0.4, -0.2) is 57.5 Å². The molecule has 2 spiro atoms. The van der Waals surface area contributed by atoms with Crippen LogP contribution in [0.2, 0.25) is 0 Å². The molecule has 5 heteroatoms. The van der Waals surface area contributed by atoms with E-state index < -0.39 is 0 Å². The Hall–Kier alpha value is -2.05. The summed E-state index contributed by atoms with van der Waals surface area (Å²) in [6, 6.07) is 9.53. The molecule has 37 heavy (non-hydrogen) atoms. The van der Waals surface area contributed by atoms with E-state index in [0.717, 1.165) is 51.6 Å². The third kappa shape index (κ3) is 3.09. The van der Waals surface area contributed by atoms with Crippen LogP contribution in [0.3, 0.4) is 0 Å². The van der Waals surface area contributed by atoms with Crippen molar-refractivity contribution in [1.29, 1.82) is 0 Å². The molecule has 3 aliphatic heterocycles. The van der Waals surface area contributed by atoms with Crippen LogP contribution < -0.4 is 5.73 Å². The summed E-state index contributed by atoms with van der Waals surface area (Å²) in [5.74, 6) is 1.06. The van der Waals surface area contributed by atoms with E-state index in [0.29, 0.717) is 11.8 Å². The van der Waals surface area contributed by atoms with Gasteiger partial charge < -0.3 is 15.6 Å². The van der Waals surface area contributed by atoms with Gasteiger partial charge in [-0.2, -0.15) is 0 Å². The summed E-state index contributed by atoms with van der Waals surface area (Å²) in [6.45, 7) is 4.44. The Morgan fingerprint density at radius 3 is 2.92 bits per heavy atom. The summed E-state index contributed by atoms with van der Waals surface area (Å²) in [4.78, 5) is 6.83. The predicted molar refractivity (Wildman–Crippen MR) is 145 cm³/mol. The highest BCUT2D eigenvalue weighted by molar-refractivity contribution is 5.82. The Labute approximate surface area is 219 Å². The van der Waals surface area contributed by atoms with Gasteiger partial charge in [-0.05, 0) is 103 Å². The molecular weight excluding hydrogens is 458 g/mol. The maximum absolute atomic E-state index is 11.2. The van der Waals surface area contributed by atoms with E-state index in [9.17, 15) is 5.11 Å². The molecule has 4 heterocycles. The first-order chi connectivity index (χ1) is 17.9. The van der Waals surface area contributed by atoms with Gasteiger partial charge >= 0.3 is 0 Å². The van der Waals surface area contributed by atoms with Gasteiger partial charge in [0.05, 0.1) is 17.3 Å². The summed E-state index contributed by atoms with van der Waals surface area (Å²) in [5.41, 5.74) is 10.3. The van der Waals surface area contributed by atoms with Gasteiger partial charge in [0, 0.05) is 43.0 Å². The van der Waals surface area contributed by atoms with Gasteiger partial charge in [-0.25, -0.2) is 0 Å². The largest absolute Gasteiger partial charge is 0.391 e. The minimum Gasteiger partial charge on any atom is -0.391 e. The zero-order chi connectivity index (χ0) is 25.0. The third-order valence-corrected chi connectivity index (χ3v) is 11.5. The molecule has 1 aromatic heterocycles. The fourth-order valence-electron chi connectivity index (χ4n) is 9.71. The topological polar surface area (TPSA) is 71.6 Å². The zero-order valence-electron chi connectivity index (χ0n) is 21.9. The van der Waals surface area contributed by atoms with Crippen molar-refractivity contribution >= 4 is 10.8 Å². The maximum Gasteiger partial charge on any atom is 0.0974 e. The summed E-state index contributed by atoms with van der Waals surface area (Å²) in [7, 11) is 0. The number of nitrogens with zero attached hydrogens (tertiary/aromatic N) is 2. The number of aliphatic hydroxyl groups is 1. The molecule has 6 aliphatic rings. The van der Waals surface area contributed by atoms with Gasteiger partial charge in [-0.1, -0.05) is 31.2 Å². The molecule has 8 atom stereocenters. The lowest BCUT2D eigenvalue weighted by Gasteiger charge is -2.55.